The molecular formula is C28H23NO. The van der Waals surface area contributed by atoms with Crippen molar-refractivity contribution >= 4 is 43.7 Å². The zero-order valence-electron chi connectivity index (χ0n) is 17.4. The molecule has 0 unspecified atom stereocenters. The number of hydrogen-bond acceptors (Lipinski definition) is 1. The highest BCUT2D eigenvalue weighted by Crippen LogP contribution is 2.41. The summed E-state index contributed by atoms with van der Waals surface area (Å²) in [6.45, 7) is 6.80. The Bertz CT molecular complexity index is 1560. The molecule has 0 aliphatic rings. The first-order valence-electron chi connectivity index (χ1n) is 10.5. The molecule has 30 heavy (non-hydrogen) atoms. The van der Waals surface area contributed by atoms with E-state index in [4.69, 9.17) is 4.42 Å². The van der Waals surface area contributed by atoms with Crippen LogP contribution in [-0.2, 0) is 5.41 Å². The molecule has 6 aromatic rings. The minimum Gasteiger partial charge on any atom is -0.455 e. The molecule has 0 saturated carbocycles. The van der Waals surface area contributed by atoms with Crippen LogP contribution in [0.3, 0.4) is 0 Å². The van der Waals surface area contributed by atoms with E-state index in [0.29, 0.717) is 0 Å². The highest BCUT2D eigenvalue weighted by Gasteiger charge is 2.21. The number of para-hydroxylation sites is 2. The van der Waals surface area contributed by atoms with Crippen molar-refractivity contribution in [3.63, 3.8) is 0 Å². The SMILES string of the molecule is CC(C)(C)c1ccc2c(c1)c1c3oc4ccccc4c3ccc1n2-c1ccccc1. The molecular weight excluding hydrogens is 366 g/mol. The molecule has 0 bridgehead atoms. The predicted molar refractivity (Wildman–Crippen MR) is 127 cm³/mol. The van der Waals surface area contributed by atoms with E-state index in [9.17, 15) is 0 Å². The topological polar surface area (TPSA) is 18.1 Å². The van der Waals surface area contributed by atoms with Crippen molar-refractivity contribution in [3.05, 3.63) is 90.5 Å². The smallest absolute Gasteiger partial charge is 0.145 e. The molecule has 2 nitrogen and oxygen atoms in total. The highest BCUT2D eigenvalue weighted by atomic mass is 16.3. The van der Waals surface area contributed by atoms with Crippen LogP contribution in [0.4, 0.5) is 0 Å². The summed E-state index contributed by atoms with van der Waals surface area (Å²) >= 11 is 0. The minimum absolute atomic E-state index is 0.0805. The molecule has 2 aromatic heterocycles. The lowest BCUT2D eigenvalue weighted by Crippen LogP contribution is -2.10. The number of hydrogen-bond donors (Lipinski definition) is 0. The van der Waals surface area contributed by atoms with Crippen molar-refractivity contribution in [2.75, 3.05) is 0 Å². The molecule has 0 amide bonds. The van der Waals surface area contributed by atoms with Crippen LogP contribution in [0.2, 0.25) is 0 Å². The molecule has 2 heteroatoms. The van der Waals surface area contributed by atoms with E-state index in [2.05, 4.69) is 104 Å². The molecule has 0 radical (unpaired) electrons. The summed E-state index contributed by atoms with van der Waals surface area (Å²) in [7, 11) is 0. The maximum atomic E-state index is 6.44. The van der Waals surface area contributed by atoms with Gasteiger partial charge in [-0.1, -0.05) is 63.2 Å². The van der Waals surface area contributed by atoms with E-state index in [1.54, 1.807) is 0 Å². The van der Waals surface area contributed by atoms with Crippen molar-refractivity contribution in [2.45, 2.75) is 26.2 Å². The van der Waals surface area contributed by atoms with Gasteiger partial charge in [-0.05, 0) is 53.4 Å². The van der Waals surface area contributed by atoms with Gasteiger partial charge in [-0.25, -0.2) is 0 Å². The van der Waals surface area contributed by atoms with Gasteiger partial charge in [0.2, 0.25) is 0 Å². The van der Waals surface area contributed by atoms with Crippen LogP contribution >= 0.6 is 0 Å². The van der Waals surface area contributed by atoms with Gasteiger partial charge in [-0.2, -0.15) is 0 Å². The van der Waals surface area contributed by atoms with Crippen molar-refractivity contribution in [2.24, 2.45) is 0 Å². The standard InChI is InChI=1S/C28H23NO/c1-28(2,3)18-13-15-23-22(17-18)26-24(29(23)19-9-5-4-6-10-19)16-14-21-20-11-7-8-12-25(20)30-27(21)26/h4-17H,1-3H3. The van der Waals surface area contributed by atoms with E-state index in [1.807, 2.05) is 6.07 Å². The van der Waals surface area contributed by atoms with Crippen LogP contribution in [0.25, 0.3) is 49.4 Å². The van der Waals surface area contributed by atoms with E-state index >= 15 is 0 Å². The van der Waals surface area contributed by atoms with Gasteiger partial charge in [0.05, 0.1) is 16.4 Å². The first kappa shape index (κ1) is 17.3. The lowest BCUT2D eigenvalue weighted by molar-refractivity contribution is 0.591. The summed E-state index contributed by atoms with van der Waals surface area (Å²) in [5.74, 6) is 0. The largest absolute Gasteiger partial charge is 0.455 e. The monoisotopic (exact) mass is 389 g/mol. The summed E-state index contributed by atoms with van der Waals surface area (Å²) in [5.41, 5.74) is 6.86. The third-order valence-electron chi connectivity index (χ3n) is 6.15. The first-order valence-corrected chi connectivity index (χ1v) is 10.5. The fourth-order valence-corrected chi connectivity index (χ4v) is 4.61. The number of benzene rings is 4. The second-order valence-electron chi connectivity index (χ2n) is 9.09. The Hall–Kier alpha value is -3.52. The molecule has 2 heterocycles. The van der Waals surface area contributed by atoms with Crippen molar-refractivity contribution in [1.29, 1.82) is 0 Å². The fourth-order valence-electron chi connectivity index (χ4n) is 4.61. The van der Waals surface area contributed by atoms with Crippen molar-refractivity contribution in [1.82, 2.24) is 4.57 Å². The summed E-state index contributed by atoms with van der Waals surface area (Å²) in [4.78, 5) is 0. The zero-order chi connectivity index (χ0) is 20.5. The molecule has 0 N–H and O–H groups in total. The molecule has 0 aliphatic carbocycles. The van der Waals surface area contributed by atoms with Gasteiger partial charge < -0.3 is 8.98 Å². The average molecular weight is 389 g/mol. The Morgan fingerprint density at radius 3 is 2.20 bits per heavy atom. The third-order valence-corrected chi connectivity index (χ3v) is 6.15. The lowest BCUT2D eigenvalue weighted by atomic mass is 9.86. The van der Waals surface area contributed by atoms with Crippen LogP contribution in [0, 0.1) is 0 Å². The second-order valence-corrected chi connectivity index (χ2v) is 9.09. The maximum Gasteiger partial charge on any atom is 0.145 e. The van der Waals surface area contributed by atoms with Crippen molar-refractivity contribution in [3.8, 4) is 5.69 Å². The fraction of sp³-hybridized carbons (Fsp3) is 0.143. The molecule has 0 atom stereocenters. The van der Waals surface area contributed by atoms with Gasteiger partial charge in [0.15, 0.2) is 0 Å². The summed E-state index contributed by atoms with van der Waals surface area (Å²) in [6, 6.07) is 30.2. The van der Waals surface area contributed by atoms with Gasteiger partial charge in [-0.3, -0.25) is 0 Å². The average Bonchev–Trinajstić information content (AvgIpc) is 3.28. The van der Waals surface area contributed by atoms with Gasteiger partial charge in [0.1, 0.15) is 11.2 Å². The van der Waals surface area contributed by atoms with E-state index < -0.39 is 0 Å². The van der Waals surface area contributed by atoms with Crippen LogP contribution in [0.15, 0.2) is 89.3 Å². The Morgan fingerprint density at radius 1 is 0.667 bits per heavy atom. The molecule has 0 saturated heterocycles. The lowest BCUT2D eigenvalue weighted by Gasteiger charge is -2.19. The normalized spacial score (nSPS) is 12.5. The van der Waals surface area contributed by atoms with Crippen LogP contribution < -0.4 is 0 Å². The van der Waals surface area contributed by atoms with Crippen LogP contribution in [0.1, 0.15) is 26.3 Å². The molecule has 146 valence electrons. The van der Waals surface area contributed by atoms with Crippen LogP contribution in [-0.4, -0.2) is 4.57 Å². The predicted octanol–water partition coefficient (Wildman–Crippen LogP) is 7.98. The van der Waals surface area contributed by atoms with Gasteiger partial charge in [-0.15, -0.1) is 0 Å². The summed E-state index contributed by atoms with van der Waals surface area (Å²) in [5, 5.41) is 4.77. The number of rotatable bonds is 1. The number of aromatic nitrogens is 1. The maximum absolute atomic E-state index is 6.44. The minimum atomic E-state index is 0.0805. The number of furan rings is 1. The Balaban J connectivity index is 1.85. The second kappa shape index (κ2) is 5.99. The molecule has 0 fully saturated rings. The van der Waals surface area contributed by atoms with Gasteiger partial charge >= 0.3 is 0 Å². The van der Waals surface area contributed by atoms with E-state index in [-0.39, 0.29) is 5.41 Å². The quantitative estimate of drug-likeness (QED) is 0.279. The van der Waals surface area contributed by atoms with E-state index in [0.717, 1.165) is 16.9 Å². The van der Waals surface area contributed by atoms with Crippen molar-refractivity contribution < 1.29 is 4.42 Å². The summed E-state index contributed by atoms with van der Waals surface area (Å²) in [6.07, 6.45) is 0. The Kier molecular flexibility index (Phi) is 3.47. The molecule has 0 aliphatic heterocycles. The highest BCUT2D eigenvalue weighted by molar-refractivity contribution is 6.23. The number of nitrogens with zero attached hydrogens (tertiary/aromatic N) is 1. The van der Waals surface area contributed by atoms with Gasteiger partial charge in [0, 0.05) is 21.8 Å². The molecule has 4 aromatic carbocycles. The Labute approximate surface area is 175 Å². The summed E-state index contributed by atoms with van der Waals surface area (Å²) < 4.78 is 8.79. The molecule has 6 rings (SSSR count). The molecule has 0 spiro atoms. The third kappa shape index (κ3) is 2.37. The number of fused-ring (bicyclic) bond motifs is 7. The first-order chi connectivity index (χ1) is 14.5. The van der Waals surface area contributed by atoms with Gasteiger partial charge in [0.25, 0.3) is 0 Å². The van der Waals surface area contributed by atoms with Crippen LogP contribution in [0.5, 0.6) is 0 Å². The Morgan fingerprint density at radius 2 is 1.40 bits per heavy atom. The van der Waals surface area contributed by atoms with E-state index in [1.165, 1.54) is 38.1 Å². The zero-order valence-corrected chi connectivity index (χ0v) is 17.4.